The molecule has 2 nitrogen and oxygen atoms in total. The Morgan fingerprint density at radius 2 is 1.74 bits per heavy atom. The van der Waals surface area contributed by atoms with E-state index in [1.807, 2.05) is 0 Å². The van der Waals surface area contributed by atoms with E-state index < -0.39 is 9.04 Å². The first kappa shape index (κ1) is 15.5. The highest BCUT2D eigenvalue weighted by molar-refractivity contribution is 6.55. The highest BCUT2D eigenvalue weighted by atomic mass is 28.3. The van der Waals surface area contributed by atoms with Crippen molar-refractivity contribution in [3.05, 3.63) is 0 Å². The molecule has 0 amide bonds. The molecular weight excluding hydrogens is 252 g/mol. The van der Waals surface area contributed by atoms with Crippen LogP contribution in [0.2, 0.25) is 11.1 Å². The van der Waals surface area contributed by atoms with Crippen LogP contribution in [0.1, 0.15) is 66.7 Å². The molecule has 1 aliphatic heterocycles. The molecule has 1 saturated carbocycles. The lowest BCUT2D eigenvalue weighted by atomic mass is 9.85. The standard InChI is InChI=1S/C16H32O2Si/c1-11(2)19(12(3)4)18-13(5)6-7-14-8-9-15-16(10-14)17-15/h11-16,19H,6-10H2,1-5H3. The van der Waals surface area contributed by atoms with Gasteiger partial charge in [0, 0.05) is 6.10 Å². The van der Waals surface area contributed by atoms with E-state index in [1.165, 1.54) is 32.1 Å². The van der Waals surface area contributed by atoms with E-state index in [1.54, 1.807) is 0 Å². The second-order valence-electron chi connectivity index (χ2n) is 7.37. The smallest absolute Gasteiger partial charge is 0.182 e. The highest BCUT2D eigenvalue weighted by Gasteiger charge is 2.43. The van der Waals surface area contributed by atoms with Gasteiger partial charge in [0.15, 0.2) is 9.04 Å². The van der Waals surface area contributed by atoms with Crippen molar-refractivity contribution in [2.45, 2.75) is 96.1 Å². The maximum absolute atomic E-state index is 6.41. The van der Waals surface area contributed by atoms with Crippen LogP contribution in [0.5, 0.6) is 0 Å². The van der Waals surface area contributed by atoms with Crippen LogP contribution in [-0.4, -0.2) is 27.4 Å². The van der Waals surface area contributed by atoms with Gasteiger partial charge in [-0.25, -0.2) is 0 Å². The highest BCUT2D eigenvalue weighted by Crippen LogP contribution is 2.41. The Hall–Kier alpha value is 0.137. The molecule has 0 aromatic carbocycles. The summed E-state index contributed by atoms with van der Waals surface area (Å²) in [5.74, 6) is 0.896. The van der Waals surface area contributed by atoms with E-state index in [9.17, 15) is 0 Å². The summed E-state index contributed by atoms with van der Waals surface area (Å²) in [6.45, 7) is 11.6. The Kier molecular flexibility index (Phi) is 5.50. The number of hydrogen-bond donors (Lipinski definition) is 0. The summed E-state index contributed by atoms with van der Waals surface area (Å²) in [7, 11) is -1.04. The molecule has 1 saturated heterocycles. The molecule has 2 aliphatic rings. The van der Waals surface area contributed by atoms with Gasteiger partial charge in [0.25, 0.3) is 0 Å². The van der Waals surface area contributed by atoms with Crippen molar-refractivity contribution in [3.63, 3.8) is 0 Å². The SMILES string of the molecule is CC(CCC1CCC2OC2C1)O[SiH](C(C)C)C(C)C. The predicted molar refractivity (Wildman–Crippen MR) is 83.1 cm³/mol. The molecule has 1 aliphatic carbocycles. The van der Waals surface area contributed by atoms with Crippen LogP contribution in [0.25, 0.3) is 0 Å². The van der Waals surface area contributed by atoms with Crippen molar-refractivity contribution in [2.75, 3.05) is 0 Å². The summed E-state index contributed by atoms with van der Waals surface area (Å²) in [4.78, 5) is 0. The van der Waals surface area contributed by atoms with E-state index >= 15 is 0 Å². The van der Waals surface area contributed by atoms with E-state index in [0.717, 1.165) is 17.0 Å². The van der Waals surface area contributed by atoms with Crippen LogP contribution in [-0.2, 0) is 9.16 Å². The lowest BCUT2D eigenvalue weighted by Crippen LogP contribution is -2.30. The molecule has 0 spiro atoms. The van der Waals surface area contributed by atoms with Crippen molar-refractivity contribution in [2.24, 2.45) is 5.92 Å². The first-order valence-electron chi connectivity index (χ1n) is 8.28. The average molecular weight is 285 g/mol. The fraction of sp³-hybridized carbons (Fsp3) is 1.00. The van der Waals surface area contributed by atoms with Crippen molar-refractivity contribution >= 4 is 9.04 Å². The minimum Gasteiger partial charge on any atom is -0.417 e. The second kappa shape index (κ2) is 6.73. The second-order valence-corrected chi connectivity index (χ2v) is 11.2. The topological polar surface area (TPSA) is 21.8 Å². The maximum atomic E-state index is 6.41. The predicted octanol–water partition coefficient (Wildman–Crippen LogP) is 4.28. The van der Waals surface area contributed by atoms with Gasteiger partial charge in [-0.05, 0) is 56.0 Å². The third-order valence-corrected chi connectivity index (χ3v) is 8.20. The number of ether oxygens (including phenoxy) is 1. The van der Waals surface area contributed by atoms with Gasteiger partial charge >= 0.3 is 0 Å². The zero-order chi connectivity index (χ0) is 14.0. The Balaban J connectivity index is 1.66. The van der Waals surface area contributed by atoms with Crippen LogP contribution in [0, 0.1) is 5.92 Å². The number of fused-ring (bicyclic) bond motifs is 1. The Morgan fingerprint density at radius 3 is 2.32 bits per heavy atom. The zero-order valence-corrected chi connectivity index (χ0v) is 14.5. The third kappa shape index (κ3) is 4.57. The van der Waals surface area contributed by atoms with Crippen molar-refractivity contribution in [1.29, 1.82) is 0 Å². The minimum atomic E-state index is -1.04. The van der Waals surface area contributed by atoms with Gasteiger partial charge in [-0.15, -0.1) is 0 Å². The van der Waals surface area contributed by atoms with Crippen molar-refractivity contribution < 1.29 is 9.16 Å². The lowest BCUT2D eigenvalue weighted by molar-refractivity contribution is 0.185. The summed E-state index contributed by atoms with van der Waals surface area (Å²) in [6, 6.07) is 0. The molecule has 4 unspecified atom stereocenters. The molecule has 0 aromatic rings. The van der Waals surface area contributed by atoms with E-state index in [0.29, 0.717) is 18.3 Å². The first-order chi connectivity index (χ1) is 8.97. The number of hydrogen-bond acceptors (Lipinski definition) is 2. The molecule has 112 valence electrons. The van der Waals surface area contributed by atoms with Gasteiger partial charge in [-0.3, -0.25) is 0 Å². The summed E-state index contributed by atoms with van der Waals surface area (Å²) >= 11 is 0. The van der Waals surface area contributed by atoms with Crippen LogP contribution < -0.4 is 0 Å². The van der Waals surface area contributed by atoms with Gasteiger partial charge in [0.1, 0.15) is 0 Å². The maximum Gasteiger partial charge on any atom is 0.182 e. The Morgan fingerprint density at radius 1 is 1.05 bits per heavy atom. The van der Waals surface area contributed by atoms with E-state index in [4.69, 9.17) is 9.16 Å². The molecule has 2 fully saturated rings. The van der Waals surface area contributed by atoms with Crippen LogP contribution in [0.3, 0.4) is 0 Å². The molecule has 3 heteroatoms. The van der Waals surface area contributed by atoms with Gasteiger partial charge < -0.3 is 9.16 Å². The summed E-state index contributed by atoms with van der Waals surface area (Å²) in [5.41, 5.74) is 1.50. The minimum absolute atomic E-state index is 0.458. The normalized spacial score (nSPS) is 31.9. The third-order valence-electron chi connectivity index (χ3n) is 4.80. The molecule has 19 heavy (non-hydrogen) atoms. The van der Waals surface area contributed by atoms with E-state index in [-0.39, 0.29) is 0 Å². The molecule has 1 heterocycles. The number of epoxide rings is 1. The summed E-state index contributed by atoms with van der Waals surface area (Å²) < 4.78 is 12.0. The van der Waals surface area contributed by atoms with Crippen molar-refractivity contribution in [1.82, 2.24) is 0 Å². The molecule has 0 aromatic heterocycles. The molecule has 0 N–H and O–H groups in total. The fourth-order valence-corrected chi connectivity index (χ4v) is 6.48. The van der Waals surface area contributed by atoms with Crippen LogP contribution in [0.4, 0.5) is 0 Å². The molecule has 0 radical (unpaired) electrons. The average Bonchev–Trinajstić information content (AvgIpc) is 3.10. The van der Waals surface area contributed by atoms with Crippen molar-refractivity contribution in [3.8, 4) is 0 Å². The van der Waals surface area contributed by atoms with Gasteiger partial charge in [-0.2, -0.15) is 0 Å². The first-order valence-corrected chi connectivity index (χ1v) is 10.1. The monoisotopic (exact) mass is 284 g/mol. The van der Waals surface area contributed by atoms with Gasteiger partial charge in [0.2, 0.25) is 0 Å². The molecule has 2 rings (SSSR count). The summed E-state index contributed by atoms with van der Waals surface area (Å²) in [6.07, 6.45) is 8.30. The molecular formula is C16H32O2Si. The molecule has 4 atom stereocenters. The van der Waals surface area contributed by atoms with Gasteiger partial charge in [-0.1, -0.05) is 27.7 Å². The lowest BCUT2D eigenvalue weighted by Gasteiger charge is -2.28. The number of rotatable bonds is 7. The van der Waals surface area contributed by atoms with Gasteiger partial charge in [0.05, 0.1) is 12.2 Å². The molecule has 0 bridgehead atoms. The Labute approximate surface area is 121 Å². The quantitative estimate of drug-likeness (QED) is 0.514. The van der Waals surface area contributed by atoms with Crippen LogP contribution in [0.15, 0.2) is 0 Å². The van der Waals surface area contributed by atoms with Crippen LogP contribution >= 0.6 is 0 Å². The summed E-state index contributed by atoms with van der Waals surface area (Å²) in [5, 5.41) is 0. The largest absolute Gasteiger partial charge is 0.417 e. The fourth-order valence-electron chi connectivity index (χ4n) is 3.64. The Bertz CT molecular complexity index is 272. The zero-order valence-electron chi connectivity index (χ0n) is 13.4. The van der Waals surface area contributed by atoms with E-state index in [2.05, 4.69) is 34.6 Å².